The van der Waals surface area contributed by atoms with E-state index in [0.717, 1.165) is 18.4 Å². The van der Waals surface area contributed by atoms with Gasteiger partial charge in [0.15, 0.2) is 11.5 Å². The van der Waals surface area contributed by atoms with Crippen molar-refractivity contribution in [2.45, 2.75) is 18.9 Å². The van der Waals surface area contributed by atoms with Crippen LogP contribution in [0.15, 0.2) is 36.4 Å². The van der Waals surface area contributed by atoms with Crippen LogP contribution in [0.4, 0.5) is 5.69 Å². The Morgan fingerprint density at radius 1 is 1.15 bits per heavy atom. The van der Waals surface area contributed by atoms with Crippen LogP contribution in [0.1, 0.15) is 34.8 Å². The number of ether oxygens (including phenoxy) is 2. The summed E-state index contributed by atoms with van der Waals surface area (Å²) in [4.78, 5) is 23.0. The van der Waals surface area contributed by atoms with Crippen LogP contribution in [0, 0.1) is 16.0 Å². The van der Waals surface area contributed by atoms with Crippen LogP contribution in [0.25, 0.3) is 0 Å². The van der Waals surface area contributed by atoms with E-state index in [9.17, 15) is 14.9 Å². The average Bonchev–Trinajstić information content (AvgIpc) is 3.50. The summed E-state index contributed by atoms with van der Waals surface area (Å²) in [6.07, 6.45) is 2.04. The van der Waals surface area contributed by atoms with Crippen molar-refractivity contribution < 1.29 is 19.2 Å². The molecule has 2 aliphatic rings. The Hall–Kier alpha value is -2.80. The van der Waals surface area contributed by atoms with Crippen molar-refractivity contribution in [3.05, 3.63) is 62.7 Å². The van der Waals surface area contributed by atoms with Crippen molar-refractivity contribution in [2.24, 2.45) is 5.92 Å². The Morgan fingerprint density at radius 3 is 2.56 bits per heavy atom. The Bertz CT molecular complexity index is 913. The molecular weight excluding hydrogens is 372 g/mol. The SMILES string of the molecule is O=C(NC(c1ccc2c(c1)OCCO2)C1CC1)c1ccc([N+](=O)[O-])cc1Cl. The maximum absolute atomic E-state index is 12.7. The quantitative estimate of drug-likeness (QED) is 0.619. The fourth-order valence-corrected chi connectivity index (χ4v) is 3.44. The number of hydrogen-bond donors (Lipinski definition) is 1. The molecule has 0 bridgehead atoms. The lowest BCUT2D eigenvalue weighted by atomic mass is 10.0. The molecule has 140 valence electrons. The number of halogens is 1. The van der Waals surface area contributed by atoms with Gasteiger partial charge in [-0.15, -0.1) is 0 Å². The molecule has 0 radical (unpaired) electrons. The van der Waals surface area contributed by atoms with Gasteiger partial charge in [-0.1, -0.05) is 17.7 Å². The number of nitrogens with zero attached hydrogens (tertiary/aromatic N) is 1. The van der Waals surface area contributed by atoms with Gasteiger partial charge in [-0.25, -0.2) is 0 Å². The summed E-state index contributed by atoms with van der Waals surface area (Å²) in [5.74, 6) is 1.35. The molecule has 1 heterocycles. The number of nitro benzene ring substituents is 1. The minimum absolute atomic E-state index is 0.0541. The lowest BCUT2D eigenvalue weighted by Gasteiger charge is -2.23. The average molecular weight is 389 g/mol. The van der Waals surface area contributed by atoms with Gasteiger partial charge in [0.1, 0.15) is 13.2 Å². The second-order valence-electron chi connectivity index (χ2n) is 6.61. The summed E-state index contributed by atoms with van der Waals surface area (Å²) in [5.41, 5.74) is 1.00. The number of rotatable bonds is 5. The molecule has 4 rings (SSSR count). The number of nitro groups is 1. The second-order valence-corrected chi connectivity index (χ2v) is 7.02. The number of carbonyl (C=O) groups is 1. The van der Waals surface area contributed by atoms with E-state index >= 15 is 0 Å². The third-order valence-corrected chi connectivity index (χ3v) is 5.03. The highest BCUT2D eigenvalue weighted by atomic mass is 35.5. The number of hydrogen-bond acceptors (Lipinski definition) is 5. The lowest BCUT2D eigenvalue weighted by Crippen LogP contribution is -2.30. The van der Waals surface area contributed by atoms with Gasteiger partial charge in [0.2, 0.25) is 0 Å². The minimum Gasteiger partial charge on any atom is -0.486 e. The van der Waals surface area contributed by atoms with E-state index in [0.29, 0.717) is 30.6 Å². The molecule has 27 heavy (non-hydrogen) atoms. The number of fused-ring (bicyclic) bond motifs is 1. The fourth-order valence-electron chi connectivity index (χ4n) is 3.18. The molecule has 0 aromatic heterocycles. The van der Waals surface area contributed by atoms with Crippen molar-refractivity contribution >= 4 is 23.2 Å². The minimum atomic E-state index is -0.546. The second kappa shape index (κ2) is 7.08. The molecule has 1 amide bonds. The van der Waals surface area contributed by atoms with Crippen molar-refractivity contribution in [1.82, 2.24) is 5.32 Å². The molecule has 1 aliphatic carbocycles. The van der Waals surface area contributed by atoms with Crippen LogP contribution in [-0.4, -0.2) is 24.0 Å². The zero-order valence-electron chi connectivity index (χ0n) is 14.3. The summed E-state index contributed by atoms with van der Waals surface area (Å²) in [7, 11) is 0. The molecule has 1 atom stereocenters. The number of benzene rings is 2. The maximum Gasteiger partial charge on any atom is 0.270 e. The summed E-state index contributed by atoms with van der Waals surface area (Å²) in [6.45, 7) is 1.02. The molecule has 7 nitrogen and oxygen atoms in total. The van der Waals surface area contributed by atoms with Gasteiger partial charge >= 0.3 is 0 Å². The summed E-state index contributed by atoms with van der Waals surface area (Å²) in [5, 5.41) is 13.9. The topological polar surface area (TPSA) is 90.7 Å². The number of nitrogens with one attached hydrogen (secondary N) is 1. The van der Waals surface area contributed by atoms with Gasteiger partial charge in [-0.05, 0) is 42.5 Å². The van der Waals surface area contributed by atoms with Crippen LogP contribution in [0.5, 0.6) is 11.5 Å². The smallest absolute Gasteiger partial charge is 0.270 e. The molecule has 2 aromatic rings. The molecule has 2 aromatic carbocycles. The van der Waals surface area contributed by atoms with E-state index in [1.54, 1.807) is 0 Å². The summed E-state index contributed by atoms with van der Waals surface area (Å²) in [6, 6.07) is 9.33. The first-order valence-corrected chi connectivity index (χ1v) is 9.05. The highest BCUT2D eigenvalue weighted by Crippen LogP contribution is 2.43. The van der Waals surface area contributed by atoms with Crippen molar-refractivity contribution in [3.8, 4) is 11.5 Å². The highest BCUT2D eigenvalue weighted by Gasteiger charge is 2.34. The van der Waals surface area contributed by atoms with Gasteiger partial charge in [-0.3, -0.25) is 14.9 Å². The number of amides is 1. The molecule has 1 unspecified atom stereocenters. The molecule has 0 saturated heterocycles. The van der Waals surface area contributed by atoms with E-state index in [-0.39, 0.29) is 28.2 Å². The zero-order valence-corrected chi connectivity index (χ0v) is 15.1. The molecule has 1 saturated carbocycles. The Labute approximate surface area is 160 Å². The van der Waals surface area contributed by atoms with E-state index in [1.165, 1.54) is 18.2 Å². The van der Waals surface area contributed by atoms with E-state index in [2.05, 4.69) is 5.32 Å². The van der Waals surface area contributed by atoms with E-state index < -0.39 is 4.92 Å². The first kappa shape index (κ1) is 17.6. The van der Waals surface area contributed by atoms with Gasteiger partial charge < -0.3 is 14.8 Å². The molecule has 1 fully saturated rings. The fraction of sp³-hybridized carbons (Fsp3) is 0.316. The van der Waals surface area contributed by atoms with Crippen LogP contribution >= 0.6 is 11.6 Å². The Morgan fingerprint density at radius 2 is 1.89 bits per heavy atom. The first-order valence-electron chi connectivity index (χ1n) is 8.67. The standard InChI is InChI=1S/C19H17ClN2O5/c20-15-10-13(22(24)25)4-5-14(15)19(23)21-18(11-1-2-11)12-3-6-16-17(9-12)27-8-7-26-16/h3-6,9-11,18H,1-2,7-8H2,(H,21,23). The Kier molecular flexibility index (Phi) is 4.61. The lowest BCUT2D eigenvalue weighted by molar-refractivity contribution is -0.384. The van der Waals surface area contributed by atoms with Crippen molar-refractivity contribution in [3.63, 3.8) is 0 Å². The van der Waals surface area contributed by atoms with Crippen LogP contribution in [-0.2, 0) is 0 Å². The zero-order chi connectivity index (χ0) is 19.0. The highest BCUT2D eigenvalue weighted by molar-refractivity contribution is 6.34. The normalized spacial score (nSPS) is 16.5. The monoisotopic (exact) mass is 388 g/mol. The van der Waals surface area contributed by atoms with Crippen molar-refractivity contribution in [1.29, 1.82) is 0 Å². The van der Waals surface area contributed by atoms with E-state index in [4.69, 9.17) is 21.1 Å². The van der Waals surface area contributed by atoms with Gasteiger partial charge in [0.25, 0.3) is 11.6 Å². The summed E-state index contributed by atoms with van der Waals surface area (Å²) < 4.78 is 11.2. The van der Waals surface area contributed by atoms with Gasteiger partial charge in [0, 0.05) is 12.1 Å². The summed E-state index contributed by atoms with van der Waals surface area (Å²) >= 11 is 6.09. The largest absolute Gasteiger partial charge is 0.486 e. The third-order valence-electron chi connectivity index (χ3n) is 4.71. The first-order chi connectivity index (χ1) is 13.0. The molecule has 8 heteroatoms. The predicted molar refractivity (Wildman–Crippen MR) is 98.5 cm³/mol. The van der Waals surface area contributed by atoms with Gasteiger partial charge in [0.05, 0.1) is 21.6 Å². The number of non-ortho nitro benzene ring substituents is 1. The molecule has 0 spiro atoms. The number of carbonyl (C=O) groups excluding carboxylic acids is 1. The van der Waals surface area contributed by atoms with Crippen LogP contribution in [0.3, 0.4) is 0 Å². The molecule has 1 aliphatic heterocycles. The van der Waals surface area contributed by atoms with Crippen LogP contribution in [0.2, 0.25) is 5.02 Å². The predicted octanol–water partition coefficient (Wildman–Crippen LogP) is 3.90. The maximum atomic E-state index is 12.7. The molecule has 1 N–H and O–H groups in total. The van der Waals surface area contributed by atoms with E-state index in [1.807, 2.05) is 18.2 Å². The molecular formula is C19H17ClN2O5. The third kappa shape index (κ3) is 3.68. The Balaban J connectivity index is 1.57. The van der Waals surface area contributed by atoms with Crippen LogP contribution < -0.4 is 14.8 Å². The van der Waals surface area contributed by atoms with Crippen molar-refractivity contribution in [2.75, 3.05) is 13.2 Å². The van der Waals surface area contributed by atoms with Gasteiger partial charge in [-0.2, -0.15) is 0 Å².